The average molecular weight is 353 g/mol. The van der Waals surface area contributed by atoms with Gasteiger partial charge in [-0.15, -0.1) is 5.69 Å². The summed E-state index contributed by atoms with van der Waals surface area (Å²) < 4.78 is 29.6. The van der Waals surface area contributed by atoms with Crippen LogP contribution in [0.4, 0.5) is 5.69 Å². The average Bonchev–Trinajstić information content (AvgIpc) is 2.47. The summed E-state index contributed by atoms with van der Waals surface area (Å²) >= 11 is 0. The molecule has 0 amide bonds. The summed E-state index contributed by atoms with van der Waals surface area (Å²) in [6.07, 6.45) is 0. The number of benzene rings is 2. The Morgan fingerprint density at radius 3 is 1.71 bits per heavy atom. The van der Waals surface area contributed by atoms with Gasteiger partial charge in [0.1, 0.15) is 10.0 Å². The van der Waals surface area contributed by atoms with E-state index in [1.54, 1.807) is 24.3 Å². The van der Waals surface area contributed by atoms with E-state index in [-0.39, 0.29) is 46.3 Å². The summed E-state index contributed by atoms with van der Waals surface area (Å²) in [6.45, 7) is 10.1. The van der Waals surface area contributed by atoms with Crippen LogP contribution >= 0.6 is 0 Å². The molecule has 0 aromatic heterocycles. The second-order valence-corrected chi connectivity index (χ2v) is 8.08. The Labute approximate surface area is 168 Å². The molecule has 0 radical (unpaired) electrons. The minimum atomic E-state index is -3.72. The van der Waals surface area contributed by atoms with Gasteiger partial charge in [-0.05, 0) is 30.9 Å². The molecule has 0 fully saturated rings. The zero-order chi connectivity index (χ0) is 17.2. The maximum atomic E-state index is 12.7. The Morgan fingerprint density at radius 1 is 0.833 bits per heavy atom. The Morgan fingerprint density at radius 2 is 1.29 bits per heavy atom. The molecular weight excluding hydrogens is 329 g/mol. The van der Waals surface area contributed by atoms with Crippen LogP contribution in [0.5, 0.6) is 0 Å². The van der Waals surface area contributed by atoms with Crippen molar-refractivity contribution in [1.29, 1.82) is 0 Å². The van der Waals surface area contributed by atoms with Crippen molar-refractivity contribution in [2.45, 2.75) is 51.3 Å². The number of hydrogen-bond acceptors (Lipinski definition) is 2. The third kappa shape index (κ3) is 4.85. The molecule has 0 N–H and O–H groups in total. The van der Waals surface area contributed by atoms with Gasteiger partial charge in [-0.25, -0.2) is 8.42 Å². The second kappa shape index (κ2) is 8.52. The van der Waals surface area contributed by atoms with E-state index >= 15 is 0 Å². The van der Waals surface area contributed by atoms with Crippen molar-refractivity contribution in [2.24, 2.45) is 0 Å². The van der Waals surface area contributed by atoms with E-state index in [0.717, 1.165) is 16.7 Å². The van der Waals surface area contributed by atoms with Gasteiger partial charge in [0.2, 0.25) is 0 Å². The van der Waals surface area contributed by atoms with Crippen molar-refractivity contribution >= 4 is 15.7 Å². The van der Waals surface area contributed by atoms with Crippen LogP contribution in [0.15, 0.2) is 47.4 Å². The molecule has 2 rings (SSSR count). The van der Waals surface area contributed by atoms with Crippen LogP contribution in [0.1, 0.15) is 56.2 Å². The first-order valence-corrected chi connectivity index (χ1v) is 9.34. The van der Waals surface area contributed by atoms with Gasteiger partial charge in [0.05, 0.1) is 4.90 Å². The van der Waals surface area contributed by atoms with E-state index in [0.29, 0.717) is 5.69 Å². The van der Waals surface area contributed by atoms with Crippen molar-refractivity contribution in [2.75, 3.05) is 0 Å². The smallest absolute Gasteiger partial charge is 0.572 e. The van der Waals surface area contributed by atoms with Gasteiger partial charge in [-0.3, -0.25) is 0 Å². The van der Waals surface area contributed by atoms with Gasteiger partial charge >= 0.3 is 29.6 Å². The molecule has 3 nitrogen and oxygen atoms in total. The van der Waals surface area contributed by atoms with Crippen LogP contribution in [-0.2, 0) is 10.0 Å². The molecule has 0 bridgehead atoms. The largest absolute Gasteiger partial charge is 1.00 e. The molecule has 24 heavy (non-hydrogen) atoms. The third-order valence-electron chi connectivity index (χ3n) is 3.87. The van der Waals surface area contributed by atoms with Gasteiger partial charge in [-0.2, -0.15) is 0 Å². The summed E-state index contributed by atoms with van der Waals surface area (Å²) in [5, 5.41) is 0. The first-order valence-electron chi connectivity index (χ1n) is 7.90. The summed E-state index contributed by atoms with van der Waals surface area (Å²) in [7, 11) is -3.72. The molecule has 0 aliphatic rings. The van der Waals surface area contributed by atoms with Gasteiger partial charge in [-0.1, -0.05) is 74.7 Å². The van der Waals surface area contributed by atoms with Crippen LogP contribution in [0.3, 0.4) is 0 Å². The minimum absolute atomic E-state index is 0. The number of nitrogens with zero attached hydrogens (tertiary/aromatic N) is 1. The SMILES string of the molecule is Cc1ccc(S(=O)(=O)[N-]c2c(C(C)C)cccc2C(C)C)cc1.[Na+]. The molecule has 2 aromatic rings. The quantitative estimate of drug-likeness (QED) is 0.776. The first kappa shape index (κ1) is 21.2. The van der Waals surface area contributed by atoms with Crippen LogP contribution in [0, 0.1) is 6.92 Å². The molecule has 124 valence electrons. The minimum Gasteiger partial charge on any atom is -0.572 e. The fourth-order valence-corrected chi connectivity index (χ4v) is 3.54. The first-order chi connectivity index (χ1) is 10.7. The van der Waals surface area contributed by atoms with Crippen molar-refractivity contribution in [1.82, 2.24) is 0 Å². The normalized spacial score (nSPS) is 11.5. The Kier molecular flexibility index (Phi) is 7.54. The zero-order valence-electron chi connectivity index (χ0n) is 15.4. The predicted octanol–water partition coefficient (Wildman–Crippen LogP) is 2.64. The monoisotopic (exact) mass is 353 g/mol. The molecular formula is C19H24NNaO2S. The molecule has 0 heterocycles. The van der Waals surface area contributed by atoms with Gasteiger partial charge in [0.25, 0.3) is 0 Å². The van der Waals surface area contributed by atoms with Crippen molar-refractivity contribution in [3.63, 3.8) is 0 Å². The van der Waals surface area contributed by atoms with Gasteiger partial charge in [0.15, 0.2) is 0 Å². The standard InChI is InChI=1S/C19H24NO2S.Na/c1-13(2)17-7-6-8-18(14(3)4)19(17)20-23(21,22)16-11-9-15(5)10-12-16;/h6-14H,1-5H3;/q-1;+1. The number of sulfonamides is 1. The summed E-state index contributed by atoms with van der Waals surface area (Å²) in [4.78, 5) is 0.233. The van der Waals surface area contributed by atoms with Gasteiger partial charge in [0, 0.05) is 0 Å². The predicted molar refractivity (Wildman–Crippen MR) is 96.0 cm³/mol. The molecule has 0 atom stereocenters. The van der Waals surface area contributed by atoms with Crippen molar-refractivity contribution in [3.8, 4) is 0 Å². The van der Waals surface area contributed by atoms with E-state index in [4.69, 9.17) is 0 Å². The van der Waals surface area contributed by atoms with Crippen molar-refractivity contribution < 1.29 is 38.0 Å². The van der Waals surface area contributed by atoms with Crippen LogP contribution in [0.25, 0.3) is 4.72 Å². The molecule has 0 saturated carbocycles. The van der Waals surface area contributed by atoms with E-state index in [9.17, 15) is 8.42 Å². The molecule has 0 aliphatic heterocycles. The number of rotatable bonds is 5. The summed E-state index contributed by atoms with van der Waals surface area (Å²) in [6, 6.07) is 12.7. The molecule has 0 aliphatic carbocycles. The molecule has 2 aromatic carbocycles. The van der Waals surface area contributed by atoms with E-state index in [1.165, 1.54) is 0 Å². The topological polar surface area (TPSA) is 48.2 Å². The summed E-state index contributed by atoms with van der Waals surface area (Å²) in [5.74, 6) is 0.418. The fourth-order valence-electron chi connectivity index (χ4n) is 2.50. The van der Waals surface area contributed by atoms with Crippen LogP contribution in [-0.4, -0.2) is 8.42 Å². The molecule has 0 saturated heterocycles. The molecule has 5 heteroatoms. The summed E-state index contributed by atoms with van der Waals surface area (Å²) in [5.41, 5.74) is 3.55. The Bertz CT molecular complexity index is 755. The maximum Gasteiger partial charge on any atom is 1.00 e. The molecule has 0 unspecified atom stereocenters. The number of aryl methyl sites for hydroxylation is 1. The third-order valence-corrected chi connectivity index (χ3v) is 5.16. The number of hydrogen-bond donors (Lipinski definition) is 0. The van der Waals surface area contributed by atoms with Crippen LogP contribution < -0.4 is 29.6 Å². The van der Waals surface area contributed by atoms with E-state index in [2.05, 4.69) is 32.4 Å². The molecule has 0 spiro atoms. The van der Waals surface area contributed by atoms with Crippen molar-refractivity contribution in [3.05, 3.63) is 63.9 Å². The zero-order valence-corrected chi connectivity index (χ0v) is 18.2. The van der Waals surface area contributed by atoms with E-state index in [1.807, 2.05) is 25.1 Å². The second-order valence-electron chi connectivity index (χ2n) is 6.47. The fraction of sp³-hybridized carbons (Fsp3) is 0.368. The Balaban J connectivity index is 0.00000288. The van der Waals surface area contributed by atoms with Crippen LogP contribution in [0.2, 0.25) is 0 Å². The Hall–Kier alpha value is -0.810. The van der Waals surface area contributed by atoms with Gasteiger partial charge < -0.3 is 4.72 Å². The van der Waals surface area contributed by atoms with E-state index < -0.39 is 10.0 Å². The maximum absolute atomic E-state index is 12.7.